The van der Waals surface area contributed by atoms with Crippen LogP contribution in [0.3, 0.4) is 0 Å². The van der Waals surface area contributed by atoms with Crippen molar-refractivity contribution < 1.29 is 4.74 Å². The minimum Gasteiger partial charge on any atom is -0.493 e. The van der Waals surface area contributed by atoms with Gasteiger partial charge in [0, 0.05) is 6.04 Å². The average molecular weight is 286 g/mol. The van der Waals surface area contributed by atoms with E-state index in [1.54, 1.807) is 0 Å². The number of ether oxygens (including phenoxy) is 1. The molecule has 0 bridgehead atoms. The molecular weight excluding hydrogens is 260 g/mol. The van der Waals surface area contributed by atoms with Gasteiger partial charge < -0.3 is 10.1 Å². The van der Waals surface area contributed by atoms with Crippen molar-refractivity contribution in [2.24, 2.45) is 5.41 Å². The topological polar surface area (TPSA) is 45.0 Å². The lowest BCUT2D eigenvalue weighted by atomic mass is 9.87. The Kier molecular flexibility index (Phi) is 5.25. The fourth-order valence-electron chi connectivity index (χ4n) is 2.88. The first-order valence-corrected chi connectivity index (χ1v) is 7.96. The van der Waals surface area contributed by atoms with Gasteiger partial charge in [0.2, 0.25) is 0 Å². The van der Waals surface area contributed by atoms with Gasteiger partial charge in [0.05, 0.1) is 18.1 Å². The molecular formula is C18H26N2O. The lowest BCUT2D eigenvalue weighted by molar-refractivity contribution is 0.260. The van der Waals surface area contributed by atoms with E-state index in [1.165, 1.54) is 24.0 Å². The number of nitrogens with zero attached hydrogens (tertiary/aromatic N) is 1. The van der Waals surface area contributed by atoms with Gasteiger partial charge in [-0.2, -0.15) is 5.26 Å². The van der Waals surface area contributed by atoms with Crippen LogP contribution in [0.15, 0.2) is 18.2 Å². The van der Waals surface area contributed by atoms with E-state index in [-0.39, 0.29) is 5.41 Å². The Hall–Kier alpha value is -1.53. The van der Waals surface area contributed by atoms with E-state index in [9.17, 15) is 0 Å². The second kappa shape index (κ2) is 6.95. The van der Waals surface area contributed by atoms with Crippen molar-refractivity contribution in [3.8, 4) is 11.8 Å². The Labute approximate surface area is 128 Å². The standard InChI is InChI=1S/C18H26N2O/c1-4-20-16-9-5-8-15-14(16)7-6-10-17(15)21-12-11-18(2,3)13-19/h6-7,10,16,20H,4-5,8-9,11-12H2,1-3H3. The first kappa shape index (κ1) is 15.9. The van der Waals surface area contributed by atoms with Crippen molar-refractivity contribution in [2.45, 2.75) is 52.5 Å². The zero-order chi connectivity index (χ0) is 15.3. The van der Waals surface area contributed by atoms with E-state index >= 15 is 0 Å². The highest BCUT2D eigenvalue weighted by Crippen LogP contribution is 2.35. The summed E-state index contributed by atoms with van der Waals surface area (Å²) in [5.74, 6) is 1.00. The van der Waals surface area contributed by atoms with Crippen LogP contribution in [0.5, 0.6) is 5.75 Å². The van der Waals surface area contributed by atoms with Gasteiger partial charge in [0.1, 0.15) is 5.75 Å². The average Bonchev–Trinajstić information content (AvgIpc) is 2.48. The minimum atomic E-state index is -0.318. The van der Waals surface area contributed by atoms with Crippen molar-refractivity contribution in [2.75, 3.05) is 13.2 Å². The summed E-state index contributed by atoms with van der Waals surface area (Å²) in [4.78, 5) is 0. The SMILES string of the molecule is CCNC1CCCc2c(OCCC(C)(C)C#N)cccc21. The molecule has 0 fully saturated rings. The lowest BCUT2D eigenvalue weighted by Crippen LogP contribution is -2.25. The van der Waals surface area contributed by atoms with Gasteiger partial charge in [-0.25, -0.2) is 0 Å². The number of rotatable bonds is 6. The first-order chi connectivity index (χ1) is 10.1. The predicted molar refractivity (Wildman–Crippen MR) is 85.3 cm³/mol. The Morgan fingerprint density at radius 1 is 1.43 bits per heavy atom. The van der Waals surface area contributed by atoms with Crippen molar-refractivity contribution in [1.29, 1.82) is 5.26 Å². The third-order valence-electron chi connectivity index (χ3n) is 4.20. The van der Waals surface area contributed by atoms with Crippen LogP contribution in [-0.2, 0) is 6.42 Å². The van der Waals surface area contributed by atoms with Gasteiger partial charge in [-0.15, -0.1) is 0 Å². The number of fused-ring (bicyclic) bond motifs is 1. The summed E-state index contributed by atoms with van der Waals surface area (Å²) in [5, 5.41) is 12.6. The lowest BCUT2D eigenvalue weighted by Gasteiger charge is -2.28. The Bertz CT molecular complexity index is 516. The summed E-state index contributed by atoms with van der Waals surface area (Å²) in [7, 11) is 0. The fraction of sp³-hybridized carbons (Fsp3) is 0.611. The Balaban J connectivity index is 2.08. The molecule has 0 heterocycles. The third kappa shape index (κ3) is 3.98. The number of hydrogen-bond acceptors (Lipinski definition) is 3. The fourth-order valence-corrected chi connectivity index (χ4v) is 2.88. The van der Waals surface area contributed by atoms with Crippen LogP contribution in [0.4, 0.5) is 0 Å². The summed E-state index contributed by atoms with van der Waals surface area (Å²) in [6, 6.07) is 9.14. The van der Waals surface area contributed by atoms with Crippen LogP contribution in [0.2, 0.25) is 0 Å². The molecule has 0 amide bonds. The summed E-state index contributed by atoms with van der Waals surface area (Å²) in [6.45, 7) is 7.66. The van der Waals surface area contributed by atoms with E-state index in [2.05, 4.69) is 36.5 Å². The maximum Gasteiger partial charge on any atom is 0.122 e. The molecule has 1 aromatic carbocycles. The van der Waals surface area contributed by atoms with E-state index in [1.807, 2.05) is 13.8 Å². The number of nitriles is 1. The van der Waals surface area contributed by atoms with Crippen molar-refractivity contribution >= 4 is 0 Å². The summed E-state index contributed by atoms with van der Waals surface area (Å²) in [5.41, 5.74) is 2.42. The maximum atomic E-state index is 9.06. The summed E-state index contributed by atoms with van der Waals surface area (Å²) < 4.78 is 5.99. The van der Waals surface area contributed by atoms with E-state index in [0.717, 1.165) is 25.1 Å². The minimum absolute atomic E-state index is 0.318. The van der Waals surface area contributed by atoms with Crippen molar-refractivity contribution in [1.82, 2.24) is 5.32 Å². The molecule has 1 atom stereocenters. The molecule has 3 heteroatoms. The molecule has 3 nitrogen and oxygen atoms in total. The van der Waals surface area contributed by atoms with E-state index < -0.39 is 0 Å². The molecule has 0 saturated heterocycles. The quantitative estimate of drug-likeness (QED) is 0.860. The molecule has 1 aromatic rings. The zero-order valence-electron chi connectivity index (χ0n) is 13.4. The largest absolute Gasteiger partial charge is 0.493 e. The van der Waals surface area contributed by atoms with Crippen LogP contribution < -0.4 is 10.1 Å². The Morgan fingerprint density at radius 3 is 2.95 bits per heavy atom. The molecule has 0 radical (unpaired) electrons. The number of hydrogen-bond donors (Lipinski definition) is 1. The van der Waals surface area contributed by atoms with Crippen LogP contribution in [-0.4, -0.2) is 13.2 Å². The van der Waals surface area contributed by atoms with Crippen molar-refractivity contribution in [3.63, 3.8) is 0 Å². The van der Waals surface area contributed by atoms with Crippen LogP contribution in [0.25, 0.3) is 0 Å². The van der Waals surface area contributed by atoms with Gasteiger partial charge in [0.25, 0.3) is 0 Å². The highest BCUT2D eigenvalue weighted by atomic mass is 16.5. The van der Waals surface area contributed by atoms with Gasteiger partial charge in [-0.05, 0) is 63.3 Å². The number of nitrogens with one attached hydrogen (secondary N) is 1. The monoisotopic (exact) mass is 286 g/mol. The summed E-state index contributed by atoms with van der Waals surface area (Å²) >= 11 is 0. The first-order valence-electron chi connectivity index (χ1n) is 7.96. The molecule has 0 spiro atoms. The molecule has 1 N–H and O–H groups in total. The third-order valence-corrected chi connectivity index (χ3v) is 4.20. The molecule has 0 saturated carbocycles. The summed E-state index contributed by atoms with van der Waals surface area (Å²) in [6.07, 6.45) is 4.25. The second-order valence-electron chi connectivity index (χ2n) is 6.42. The van der Waals surface area contributed by atoms with Crippen LogP contribution in [0, 0.1) is 16.7 Å². The van der Waals surface area contributed by atoms with Gasteiger partial charge in [0.15, 0.2) is 0 Å². The number of benzene rings is 1. The Morgan fingerprint density at radius 2 is 2.24 bits per heavy atom. The zero-order valence-corrected chi connectivity index (χ0v) is 13.4. The smallest absolute Gasteiger partial charge is 0.122 e. The maximum absolute atomic E-state index is 9.06. The van der Waals surface area contributed by atoms with Gasteiger partial charge in [-0.1, -0.05) is 19.1 Å². The normalized spacial score (nSPS) is 17.9. The molecule has 2 rings (SSSR count). The van der Waals surface area contributed by atoms with Crippen LogP contribution in [0.1, 0.15) is 57.2 Å². The second-order valence-corrected chi connectivity index (χ2v) is 6.42. The molecule has 114 valence electrons. The van der Waals surface area contributed by atoms with E-state index in [0.29, 0.717) is 12.6 Å². The molecule has 0 aliphatic heterocycles. The highest BCUT2D eigenvalue weighted by Gasteiger charge is 2.22. The highest BCUT2D eigenvalue weighted by molar-refractivity contribution is 5.43. The van der Waals surface area contributed by atoms with Gasteiger partial charge >= 0.3 is 0 Å². The molecule has 1 aliphatic carbocycles. The van der Waals surface area contributed by atoms with E-state index in [4.69, 9.17) is 10.00 Å². The molecule has 0 aromatic heterocycles. The van der Waals surface area contributed by atoms with Crippen LogP contribution >= 0.6 is 0 Å². The van der Waals surface area contributed by atoms with Crippen molar-refractivity contribution in [3.05, 3.63) is 29.3 Å². The predicted octanol–water partition coefficient (Wildman–Crippen LogP) is 3.99. The molecule has 1 aliphatic rings. The molecule has 21 heavy (non-hydrogen) atoms. The molecule has 1 unspecified atom stereocenters. The van der Waals surface area contributed by atoms with Gasteiger partial charge in [-0.3, -0.25) is 0 Å².